The first-order valence-corrected chi connectivity index (χ1v) is 8.51. The second-order valence-corrected chi connectivity index (χ2v) is 6.17. The molecule has 26 heavy (non-hydrogen) atoms. The highest BCUT2D eigenvalue weighted by Gasteiger charge is 2.08. The van der Waals surface area contributed by atoms with Crippen LogP contribution in [0.4, 0.5) is 0 Å². The first-order chi connectivity index (χ1) is 12.9. The molecule has 0 aliphatic rings. The maximum atomic E-state index is 4.60. The van der Waals surface area contributed by atoms with Gasteiger partial charge in [0.2, 0.25) is 0 Å². The van der Waals surface area contributed by atoms with Crippen LogP contribution in [0.2, 0.25) is 0 Å². The minimum atomic E-state index is 0.966. The molecule has 4 nitrogen and oxygen atoms in total. The summed E-state index contributed by atoms with van der Waals surface area (Å²) in [6, 6.07) is 24.7. The predicted molar refractivity (Wildman–Crippen MR) is 104 cm³/mol. The number of rotatable bonds is 3. The zero-order valence-electron chi connectivity index (χ0n) is 14.0. The molecule has 0 bridgehead atoms. The molecule has 0 aliphatic carbocycles. The fraction of sp³-hybridized carbons (Fsp3) is 0. The summed E-state index contributed by atoms with van der Waals surface area (Å²) >= 11 is 0. The van der Waals surface area contributed by atoms with E-state index < -0.39 is 0 Å². The van der Waals surface area contributed by atoms with Gasteiger partial charge in [-0.3, -0.25) is 9.55 Å². The Kier molecular flexibility index (Phi) is 3.39. The largest absolute Gasteiger partial charge is 0.361 e. The van der Waals surface area contributed by atoms with Crippen LogP contribution in [0, 0.1) is 0 Å². The van der Waals surface area contributed by atoms with Gasteiger partial charge in [0.25, 0.3) is 0 Å². The fourth-order valence-electron chi connectivity index (χ4n) is 3.24. The van der Waals surface area contributed by atoms with E-state index in [1.54, 1.807) is 0 Å². The lowest BCUT2D eigenvalue weighted by atomic mass is 10.1. The van der Waals surface area contributed by atoms with E-state index in [1.165, 1.54) is 0 Å². The molecule has 1 N–H and O–H groups in total. The van der Waals surface area contributed by atoms with Gasteiger partial charge in [-0.25, -0.2) is 4.98 Å². The first-order valence-electron chi connectivity index (χ1n) is 8.51. The number of hydrogen-bond acceptors (Lipinski definition) is 2. The van der Waals surface area contributed by atoms with Gasteiger partial charge in [-0.2, -0.15) is 0 Å². The monoisotopic (exact) mass is 336 g/mol. The molecule has 3 aromatic heterocycles. The number of aromatic amines is 1. The highest BCUT2D eigenvalue weighted by atomic mass is 15.0. The zero-order chi connectivity index (χ0) is 17.3. The van der Waals surface area contributed by atoms with Crippen molar-refractivity contribution >= 4 is 11.0 Å². The molecule has 0 spiro atoms. The summed E-state index contributed by atoms with van der Waals surface area (Å²) in [6.07, 6.45) is 5.62. The van der Waals surface area contributed by atoms with Gasteiger partial charge in [0.05, 0.1) is 16.7 Å². The third-order valence-corrected chi connectivity index (χ3v) is 4.54. The second-order valence-electron chi connectivity index (χ2n) is 6.17. The molecule has 3 heterocycles. The van der Waals surface area contributed by atoms with Gasteiger partial charge in [0.1, 0.15) is 6.33 Å². The summed E-state index contributed by atoms with van der Waals surface area (Å²) in [6.45, 7) is 0. The van der Waals surface area contributed by atoms with Gasteiger partial charge in [0, 0.05) is 34.9 Å². The maximum absolute atomic E-state index is 4.60. The SMILES string of the molecule is c1ccc(-c2cccc(-n3cnc4cc(-c5ccc[nH]5)ccc43)c2)nc1. The Bertz CT molecular complexity index is 1170. The predicted octanol–water partition coefficient (Wildman–Crippen LogP) is 5.08. The molecule has 0 aliphatic heterocycles. The number of pyridine rings is 1. The van der Waals surface area contributed by atoms with Crippen LogP contribution in [0.25, 0.3) is 39.2 Å². The Morgan fingerprint density at radius 3 is 2.62 bits per heavy atom. The molecule has 0 unspecified atom stereocenters. The van der Waals surface area contributed by atoms with E-state index in [4.69, 9.17) is 0 Å². The first kappa shape index (κ1) is 14.7. The smallest absolute Gasteiger partial charge is 0.100 e. The average molecular weight is 336 g/mol. The van der Waals surface area contributed by atoms with Gasteiger partial charge < -0.3 is 4.98 Å². The van der Waals surface area contributed by atoms with E-state index in [-0.39, 0.29) is 0 Å². The molecule has 5 rings (SSSR count). The summed E-state index contributed by atoms with van der Waals surface area (Å²) in [5.41, 5.74) is 7.41. The molecule has 2 aromatic carbocycles. The van der Waals surface area contributed by atoms with Crippen LogP contribution in [0.5, 0.6) is 0 Å². The highest BCUT2D eigenvalue weighted by molar-refractivity contribution is 5.83. The molecule has 0 fully saturated rings. The third kappa shape index (κ3) is 2.48. The van der Waals surface area contributed by atoms with E-state index in [0.717, 1.165) is 39.2 Å². The van der Waals surface area contributed by atoms with Crippen LogP contribution in [0.1, 0.15) is 0 Å². The molecule has 0 atom stereocenters. The van der Waals surface area contributed by atoms with Crippen molar-refractivity contribution in [2.75, 3.05) is 0 Å². The van der Waals surface area contributed by atoms with Crippen molar-refractivity contribution in [1.29, 1.82) is 0 Å². The molecule has 0 radical (unpaired) electrons. The van der Waals surface area contributed by atoms with Crippen LogP contribution in [-0.2, 0) is 0 Å². The fourth-order valence-corrected chi connectivity index (χ4v) is 3.24. The number of aromatic nitrogens is 4. The van der Waals surface area contributed by atoms with E-state index in [0.29, 0.717) is 0 Å². The Hall–Kier alpha value is -3.66. The van der Waals surface area contributed by atoms with Crippen molar-refractivity contribution in [3.8, 4) is 28.2 Å². The van der Waals surface area contributed by atoms with Crippen molar-refractivity contribution in [2.45, 2.75) is 0 Å². The Morgan fingerprint density at radius 1 is 0.769 bits per heavy atom. The third-order valence-electron chi connectivity index (χ3n) is 4.54. The van der Waals surface area contributed by atoms with Gasteiger partial charge >= 0.3 is 0 Å². The van der Waals surface area contributed by atoms with Crippen LogP contribution < -0.4 is 0 Å². The van der Waals surface area contributed by atoms with Crippen LogP contribution >= 0.6 is 0 Å². The summed E-state index contributed by atoms with van der Waals surface area (Å²) in [7, 11) is 0. The molecule has 5 aromatic rings. The molecule has 4 heteroatoms. The summed E-state index contributed by atoms with van der Waals surface area (Å²) < 4.78 is 2.11. The van der Waals surface area contributed by atoms with E-state index >= 15 is 0 Å². The van der Waals surface area contributed by atoms with Crippen molar-refractivity contribution in [3.63, 3.8) is 0 Å². The number of H-pyrrole nitrogens is 1. The molecular weight excluding hydrogens is 320 g/mol. The lowest BCUT2D eigenvalue weighted by Crippen LogP contribution is -1.93. The number of hydrogen-bond donors (Lipinski definition) is 1. The number of nitrogens with zero attached hydrogens (tertiary/aromatic N) is 3. The lowest BCUT2D eigenvalue weighted by Gasteiger charge is -2.07. The molecule has 0 amide bonds. The maximum Gasteiger partial charge on any atom is 0.100 e. The number of fused-ring (bicyclic) bond motifs is 1. The van der Waals surface area contributed by atoms with Crippen molar-refractivity contribution in [2.24, 2.45) is 0 Å². The number of benzene rings is 2. The quantitative estimate of drug-likeness (QED) is 0.499. The van der Waals surface area contributed by atoms with Crippen molar-refractivity contribution in [3.05, 3.63) is 91.5 Å². The van der Waals surface area contributed by atoms with E-state index in [2.05, 4.69) is 68.0 Å². The summed E-state index contributed by atoms with van der Waals surface area (Å²) in [5, 5.41) is 0. The van der Waals surface area contributed by atoms with E-state index in [9.17, 15) is 0 Å². The normalized spacial score (nSPS) is 11.1. The van der Waals surface area contributed by atoms with Crippen molar-refractivity contribution in [1.82, 2.24) is 19.5 Å². The Balaban J connectivity index is 1.59. The Morgan fingerprint density at radius 2 is 1.77 bits per heavy atom. The van der Waals surface area contributed by atoms with Gasteiger partial charge in [0.15, 0.2) is 0 Å². The summed E-state index contributed by atoms with van der Waals surface area (Å²) in [4.78, 5) is 12.3. The average Bonchev–Trinajstić information content (AvgIpc) is 3.38. The van der Waals surface area contributed by atoms with Gasteiger partial charge in [-0.15, -0.1) is 0 Å². The van der Waals surface area contributed by atoms with Gasteiger partial charge in [-0.05, 0) is 48.5 Å². The van der Waals surface area contributed by atoms with Crippen molar-refractivity contribution < 1.29 is 0 Å². The lowest BCUT2D eigenvalue weighted by molar-refractivity contribution is 1.09. The van der Waals surface area contributed by atoms with E-state index in [1.807, 2.05) is 43.0 Å². The minimum absolute atomic E-state index is 0.966. The number of imidazole rings is 1. The topological polar surface area (TPSA) is 46.5 Å². The van der Waals surface area contributed by atoms with Crippen LogP contribution in [0.15, 0.2) is 91.5 Å². The highest BCUT2D eigenvalue weighted by Crippen LogP contribution is 2.26. The minimum Gasteiger partial charge on any atom is -0.361 e. The molecule has 0 saturated heterocycles. The zero-order valence-corrected chi connectivity index (χ0v) is 14.0. The molecular formula is C22H16N4. The van der Waals surface area contributed by atoms with Gasteiger partial charge in [-0.1, -0.05) is 24.3 Å². The van der Waals surface area contributed by atoms with Crippen LogP contribution in [-0.4, -0.2) is 19.5 Å². The molecule has 124 valence electrons. The van der Waals surface area contributed by atoms with Crippen LogP contribution in [0.3, 0.4) is 0 Å². The standard InChI is InChI=1S/C22H16N4/c1-2-11-23-19(7-1)16-5-3-6-18(13-16)26-15-25-21-14-17(9-10-22(21)26)20-8-4-12-24-20/h1-15,24H. The number of nitrogens with one attached hydrogen (secondary N) is 1. The Labute approximate surface area is 150 Å². The molecule has 0 saturated carbocycles. The summed E-state index contributed by atoms with van der Waals surface area (Å²) in [5.74, 6) is 0. The second kappa shape index (κ2) is 6.01.